The van der Waals surface area contributed by atoms with Gasteiger partial charge in [0.05, 0.1) is 21.7 Å². The van der Waals surface area contributed by atoms with Crippen LogP contribution in [0.2, 0.25) is 5.02 Å². The zero-order chi connectivity index (χ0) is 18.8. The van der Waals surface area contributed by atoms with Crippen LogP contribution in [0, 0.1) is 11.0 Å². The summed E-state index contributed by atoms with van der Waals surface area (Å²) in [6.07, 6.45) is 4.35. The molecule has 0 saturated heterocycles. The first-order chi connectivity index (χ1) is 12.5. The molecule has 0 radical (unpaired) electrons. The molecule has 2 heterocycles. The van der Waals surface area contributed by atoms with Crippen molar-refractivity contribution >= 4 is 34.0 Å². The molecule has 0 fully saturated rings. The van der Waals surface area contributed by atoms with E-state index in [2.05, 4.69) is 15.3 Å². The first-order valence-electron chi connectivity index (χ1n) is 7.83. The van der Waals surface area contributed by atoms with Crippen LogP contribution < -0.4 is 15.8 Å². The lowest BCUT2D eigenvalue weighted by atomic mass is 10.0. The molecular formula is C17H15ClFN5O2. The largest absolute Gasteiger partial charge is 0.618 e. The molecule has 134 valence electrons. The van der Waals surface area contributed by atoms with Gasteiger partial charge in [-0.15, -0.1) is 0 Å². The quantitative estimate of drug-likeness (QED) is 0.538. The molecule has 0 aliphatic heterocycles. The highest BCUT2D eigenvalue weighted by Gasteiger charge is 2.26. The van der Waals surface area contributed by atoms with E-state index in [1.165, 1.54) is 24.7 Å². The summed E-state index contributed by atoms with van der Waals surface area (Å²) in [6.45, 7) is 2.29. The number of carbonyl (C=O) groups is 1. The van der Waals surface area contributed by atoms with E-state index in [9.17, 15) is 14.4 Å². The number of anilines is 1. The van der Waals surface area contributed by atoms with Gasteiger partial charge >= 0.3 is 11.6 Å². The summed E-state index contributed by atoms with van der Waals surface area (Å²) < 4.78 is 14.9. The van der Waals surface area contributed by atoms with E-state index >= 15 is 0 Å². The normalized spacial score (nSPS) is 10.9. The Kier molecular flexibility index (Phi) is 4.85. The number of fused-ring (bicyclic) bond motifs is 1. The van der Waals surface area contributed by atoms with Crippen LogP contribution in [0.25, 0.3) is 22.0 Å². The minimum absolute atomic E-state index is 0.0201. The first-order valence-corrected chi connectivity index (χ1v) is 8.21. The molecule has 0 bridgehead atoms. The maximum atomic E-state index is 14.5. The molecule has 3 aromatic rings. The van der Waals surface area contributed by atoms with Gasteiger partial charge in [-0.1, -0.05) is 18.5 Å². The predicted molar refractivity (Wildman–Crippen MR) is 95.9 cm³/mol. The van der Waals surface area contributed by atoms with E-state index in [1.54, 1.807) is 0 Å². The van der Waals surface area contributed by atoms with E-state index in [-0.39, 0.29) is 33.0 Å². The molecule has 26 heavy (non-hydrogen) atoms. The van der Waals surface area contributed by atoms with Crippen molar-refractivity contribution in [2.75, 3.05) is 12.3 Å². The van der Waals surface area contributed by atoms with E-state index in [0.29, 0.717) is 23.1 Å². The van der Waals surface area contributed by atoms with Crippen LogP contribution in [0.1, 0.15) is 23.8 Å². The molecule has 0 unspecified atom stereocenters. The Hall–Kier alpha value is -3.00. The van der Waals surface area contributed by atoms with E-state index in [0.717, 1.165) is 6.20 Å². The van der Waals surface area contributed by atoms with Crippen LogP contribution in [0.3, 0.4) is 0 Å². The van der Waals surface area contributed by atoms with Gasteiger partial charge in [-0.2, -0.15) is 4.73 Å². The number of nitrogen functional groups attached to an aromatic ring is 1. The monoisotopic (exact) mass is 375 g/mol. The Labute approximate surface area is 153 Å². The fraction of sp³-hybridized carbons (Fsp3) is 0.176. The van der Waals surface area contributed by atoms with Gasteiger partial charge in [0.25, 0.3) is 0 Å². The van der Waals surface area contributed by atoms with Crippen molar-refractivity contribution in [2.24, 2.45) is 0 Å². The van der Waals surface area contributed by atoms with Crippen molar-refractivity contribution in [3.05, 3.63) is 52.6 Å². The Morgan fingerprint density at radius 2 is 2.19 bits per heavy atom. The Balaban J connectivity index is 2.29. The van der Waals surface area contributed by atoms with Crippen molar-refractivity contribution in [3.63, 3.8) is 0 Å². The van der Waals surface area contributed by atoms with Crippen LogP contribution in [-0.4, -0.2) is 22.4 Å². The Bertz CT molecular complexity index is 1010. The number of nitrogens with one attached hydrogen (secondary N) is 1. The second kappa shape index (κ2) is 7.09. The van der Waals surface area contributed by atoms with Gasteiger partial charge in [-0.05, 0) is 18.6 Å². The fourth-order valence-electron chi connectivity index (χ4n) is 2.67. The smallest absolute Gasteiger partial charge is 0.319 e. The maximum Gasteiger partial charge on any atom is 0.319 e. The highest BCUT2D eigenvalue weighted by Crippen LogP contribution is 2.35. The van der Waals surface area contributed by atoms with Gasteiger partial charge < -0.3 is 16.3 Å². The van der Waals surface area contributed by atoms with Crippen LogP contribution in [-0.2, 0) is 0 Å². The number of rotatable bonds is 4. The third-order valence-electron chi connectivity index (χ3n) is 3.86. The van der Waals surface area contributed by atoms with Crippen molar-refractivity contribution in [1.82, 2.24) is 15.3 Å². The van der Waals surface area contributed by atoms with E-state index < -0.39 is 11.7 Å². The summed E-state index contributed by atoms with van der Waals surface area (Å²) in [7, 11) is 0. The molecule has 0 atom stereocenters. The average molecular weight is 376 g/mol. The topological polar surface area (TPSA) is 108 Å². The summed E-state index contributed by atoms with van der Waals surface area (Å²) in [5.41, 5.74) is 5.93. The molecule has 3 N–H and O–H groups in total. The van der Waals surface area contributed by atoms with E-state index in [4.69, 9.17) is 17.3 Å². The SMILES string of the molecule is CCCNC(=O)c1c(N)c2ccc(F)c(-c3ncncc3Cl)c2c[n+]1[O-]. The predicted octanol–water partition coefficient (Wildman–Crippen LogP) is 2.44. The third-order valence-corrected chi connectivity index (χ3v) is 4.14. The summed E-state index contributed by atoms with van der Waals surface area (Å²) >= 11 is 6.08. The molecule has 9 heteroatoms. The van der Waals surface area contributed by atoms with E-state index in [1.807, 2.05) is 6.92 Å². The molecule has 0 spiro atoms. The molecule has 0 saturated carbocycles. The number of benzene rings is 1. The second-order valence-corrected chi connectivity index (χ2v) is 5.98. The lowest BCUT2D eigenvalue weighted by Gasteiger charge is -2.13. The van der Waals surface area contributed by atoms with Crippen LogP contribution >= 0.6 is 11.6 Å². The summed E-state index contributed by atoms with van der Waals surface area (Å²) in [6, 6.07) is 2.60. The standard InChI is InChI=1S/C17H15ClFN5O2/c1-2-5-22-17(25)16-14(20)9-3-4-12(19)13(10(9)7-24(16)26)15-11(18)6-21-8-23-15/h3-4,6-8H,2,5,20H2,1H3,(H,22,25). The lowest BCUT2D eigenvalue weighted by molar-refractivity contribution is -0.605. The van der Waals surface area contributed by atoms with Crippen molar-refractivity contribution in [3.8, 4) is 11.3 Å². The fourth-order valence-corrected chi connectivity index (χ4v) is 2.87. The molecule has 7 nitrogen and oxygen atoms in total. The van der Waals surface area contributed by atoms with Gasteiger partial charge in [0.2, 0.25) is 0 Å². The Morgan fingerprint density at radius 3 is 2.88 bits per heavy atom. The average Bonchev–Trinajstić information content (AvgIpc) is 2.61. The first kappa shape index (κ1) is 17.8. The number of carbonyl (C=O) groups excluding carboxylic acids is 1. The highest BCUT2D eigenvalue weighted by molar-refractivity contribution is 6.33. The molecule has 0 aliphatic carbocycles. The molecule has 2 aromatic heterocycles. The number of hydrogen-bond donors (Lipinski definition) is 2. The van der Waals surface area contributed by atoms with Crippen LogP contribution in [0.5, 0.6) is 0 Å². The van der Waals surface area contributed by atoms with Gasteiger partial charge in [0.1, 0.15) is 17.8 Å². The summed E-state index contributed by atoms with van der Waals surface area (Å²) in [5.74, 6) is -1.21. The van der Waals surface area contributed by atoms with Crippen LogP contribution in [0.15, 0.2) is 30.9 Å². The number of amides is 1. The van der Waals surface area contributed by atoms with Gasteiger partial charge in [-0.3, -0.25) is 4.79 Å². The molecule has 1 aromatic carbocycles. The van der Waals surface area contributed by atoms with Gasteiger partial charge in [0, 0.05) is 18.1 Å². The van der Waals surface area contributed by atoms with Crippen LogP contribution in [0.4, 0.5) is 10.1 Å². The number of hydrogen-bond acceptors (Lipinski definition) is 5. The highest BCUT2D eigenvalue weighted by atomic mass is 35.5. The summed E-state index contributed by atoms with van der Waals surface area (Å²) in [5, 5.41) is 15.7. The maximum absolute atomic E-state index is 14.5. The number of halogens is 2. The second-order valence-electron chi connectivity index (χ2n) is 5.58. The Morgan fingerprint density at radius 1 is 1.42 bits per heavy atom. The number of pyridine rings is 1. The lowest BCUT2D eigenvalue weighted by Crippen LogP contribution is -2.40. The molecule has 3 rings (SSSR count). The zero-order valence-corrected chi connectivity index (χ0v) is 14.5. The third kappa shape index (κ3) is 2.99. The molecular weight excluding hydrogens is 361 g/mol. The van der Waals surface area contributed by atoms with Gasteiger partial charge in [0.15, 0.2) is 6.20 Å². The number of nitrogens with two attached hydrogens (primary N) is 1. The zero-order valence-electron chi connectivity index (χ0n) is 13.8. The van der Waals surface area contributed by atoms with Gasteiger partial charge in [-0.25, -0.2) is 14.4 Å². The van der Waals surface area contributed by atoms with Crippen molar-refractivity contribution in [2.45, 2.75) is 13.3 Å². The molecule has 1 amide bonds. The number of aromatic nitrogens is 3. The van der Waals surface area contributed by atoms with Crippen molar-refractivity contribution in [1.29, 1.82) is 0 Å². The molecule has 0 aliphatic rings. The van der Waals surface area contributed by atoms with Crippen molar-refractivity contribution < 1.29 is 13.9 Å². The minimum Gasteiger partial charge on any atom is -0.618 e. The summed E-state index contributed by atoms with van der Waals surface area (Å²) in [4.78, 5) is 20.0. The number of nitrogens with zero attached hydrogens (tertiary/aromatic N) is 3. The minimum atomic E-state index is -0.624.